The summed E-state index contributed by atoms with van der Waals surface area (Å²) in [6.07, 6.45) is 3.89. The molecule has 0 amide bonds. The second-order valence-corrected chi connectivity index (χ2v) is 3.62. The van der Waals surface area contributed by atoms with Crippen LogP contribution in [0.4, 0.5) is 0 Å². The molecule has 0 saturated carbocycles. The molecule has 78 valence electrons. The Bertz CT molecular complexity index is 120. The van der Waals surface area contributed by atoms with Gasteiger partial charge in [-0.05, 0) is 25.8 Å². The highest BCUT2D eigenvalue weighted by Gasteiger charge is 2.11. The first-order chi connectivity index (χ1) is 6.33. The molecule has 0 aromatic heterocycles. The van der Waals surface area contributed by atoms with E-state index in [2.05, 4.69) is 5.32 Å². The maximum Gasteiger partial charge on any atom is 0.0698 e. The van der Waals surface area contributed by atoms with Gasteiger partial charge >= 0.3 is 0 Å². The van der Waals surface area contributed by atoms with Crippen LogP contribution in [0, 0.1) is 0 Å². The normalized spacial score (nSPS) is 32.8. The van der Waals surface area contributed by atoms with E-state index in [-0.39, 0.29) is 0 Å². The van der Waals surface area contributed by atoms with E-state index in [1.165, 1.54) is 6.42 Å². The lowest BCUT2D eigenvalue weighted by Crippen LogP contribution is -2.21. The Balaban J connectivity index is 0.000000132. The smallest absolute Gasteiger partial charge is 0.0698 e. The summed E-state index contributed by atoms with van der Waals surface area (Å²) in [6, 6.07) is 0.435. The van der Waals surface area contributed by atoms with E-state index in [0.717, 1.165) is 32.5 Å². The lowest BCUT2D eigenvalue weighted by Gasteiger charge is -2.01. The third-order valence-electron chi connectivity index (χ3n) is 2.39. The van der Waals surface area contributed by atoms with Gasteiger partial charge in [-0.2, -0.15) is 0 Å². The molecule has 0 aromatic carbocycles. The van der Waals surface area contributed by atoms with Gasteiger partial charge in [0, 0.05) is 25.7 Å². The number of nitrogens with one attached hydrogen (secondary N) is 1. The zero-order valence-electron chi connectivity index (χ0n) is 8.17. The SMILES string of the molecule is NC1CCNC1.NCC1CCCO1. The summed E-state index contributed by atoms with van der Waals surface area (Å²) in [5.74, 6) is 0. The average molecular weight is 187 g/mol. The molecule has 2 heterocycles. The number of hydrogen-bond donors (Lipinski definition) is 3. The molecule has 2 aliphatic heterocycles. The van der Waals surface area contributed by atoms with E-state index in [0.29, 0.717) is 18.7 Å². The molecule has 0 radical (unpaired) electrons. The fourth-order valence-electron chi connectivity index (χ4n) is 1.51. The molecular weight excluding hydrogens is 166 g/mol. The van der Waals surface area contributed by atoms with Crippen molar-refractivity contribution in [2.75, 3.05) is 26.2 Å². The van der Waals surface area contributed by atoms with E-state index in [9.17, 15) is 0 Å². The van der Waals surface area contributed by atoms with Crippen LogP contribution in [-0.2, 0) is 4.74 Å². The molecule has 2 rings (SSSR count). The maximum atomic E-state index is 5.47. The molecule has 5 N–H and O–H groups in total. The van der Waals surface area contributed by atoms with E-state index in [1.807, 2.05) is 0 Å². The predicted octanol–water partition coefficient (Wildman–Crippen LogP) is -0.569. The van der Waals surface area contributed by atoms with Gasteiger partial charge in [0.25, 0.3) is 0 Å². The third-order valence-corrected chi connectivity index (χ3v) is 2.39. The molecule has 4 heteroatoms. The Kier molecular flexibility index (Phi) is 5.31. The predicted molar refractivity (Wildman–Crippen MR) is 53.5 cm³/mol. The van der Waals surface area contributed by atoms with Gasteiger partial charge in [-0.25, -0.2) is 0 Å². The molecule has 2 aliphatic rings. The van der Waals surface area contributed by atoms with E-state index in [4.69, 9.17) is 16.2 Å². The lowest BCUT2D eigenvalue weighted by atomic mass is 10.2. The van der Waals surface area contributed by atoms with Gasteiger partial charge in [0.15, 0.2) is 0 Å². The van der Waals surface area contributed by atoms with Crippen LogP contribution in [0.5, 0.6) is 0 Å². The van der Waals surface area contributed by atoms with Crippen molar-refractivity contribution in [1.29, 1.82) is 0 Å². The Morgan fingerprint density at radius 2 is 2.23 bits per heavy atom. The summed E-state index contributed by atoms with van der Waals surface area (Å²) in [5.41, 5.74) is 10.8. The molecule has 2 saturated heterocycles. The average Bonchev–Trinajstić information content (AvgIpc) is 2.76. The zero-order valence-corrected chi connectivity index (χ0v) is 8.17. The first kappa shape index (κ1) is 10.9. The molecule has 2 fully saturated rings. The summed E-state index contributed by atoms with van der Waals surface area (Å²) in [7, 11) is 0. The minimum atomic E-state index is 0.375. The van der Waals surface area contributed by atoms with Crippen molar-refractivity contribution in [3.8, 4) is 0 Å². The minimum absolute atomic E-state index is 0.375. The van der Waals surface area contributed by atoms with Crippen LogP contribution in [0.3, 0.4) is 0 Å². The summed E-state index contributed by atoms with van der Waals surface area (Å²) in [5, 5.41) is 3.15. The fourth-order valence-corrected chi connectivity index (χ4v) is 1.51. The molecule has 0 spiro atoms. The van der Waals surface area contributed by atoms with Crippen LogP contribution < -0.4 is 16.8 Å². The molecular formula is C9H21N3O. The molecule has 2 atom stereocenters. The monoisotopic (exact) mass is 187 g/mol. The van der Waals surface area contributed by atoms with Crippen LogP contribution >= 0.6 is 0 Å². The van der Waals surface area contributed by atoms with Crippen molar-refractivity contribution in [2.45, 2.75) is 31.4 Å². The first-order valence-corrected chi connectivity index (χ1v) is 5.11. The van der Waals surface area contributed by atoms with Crippen LogP contribution in [0.1, 0.15) is 19.3 Å². The quantitative estimate of drug-likeness (QED) is 0.514. The molecule has 0 aliphatic carbocycles. The molecule has 2 unspecified atom stereocenters. The number of nitrogens with two attached hydrogens (primary N) is 2. The number of rotatable bonds is 1. The fraction of sp³-hybridized carbons (Fsp3) is 1.00. The van der Waals surface area contributed by atoms with Crippen LogP contribution in [0.2, 0.25) is 0 Å². The Morgan fingerprint density at radius 1 is 1.38 bits per heavy atom. The molecule has 0 bridgehead atoms. The number of ether oxygens (including phenoxy) is 1. The Hall–Kier alpha value is -0.160. The second-order valence-electron chi connectivity index (χ2n) is 3.62. The summed E-state index contributed by atoms with van der Waals surface area (Å²) in [6.45, 7) is 3.74. The third kappa shape index (κ3) is 4.57. The van der Waals surface area contributed by atoms with Crippen LogP contribution in [0.15, 0.2) is 0 Å². The zero-order chi connectivity index (χ0) is 9.52. The van der Waals surface area contributed by atoms with Gasteiger partial charge in [-0.15, -0.1) is 0 Å². The van der Waals surface area contributed by atoms with Crippen molar-refractivity contribution in [2.24, 2.45) is 11.5 Å². The minimum Gasteiger partial charge on any atom is -0.377 e. The standard InChI is InChI=1S/C5H11NO.C4H10N2/c6-4-5-2-1-3-7-5;5-4-1-2-6-3-4/h5H,1-4,6H2;4,6H,1-3,5H2. The Morgan fingerprint density at radius 3 is 2.46 bits per heavy atom. The van der Waals surface area contributed by atoms with Gasteiger partial charge in [-0.1, -0.05) is 0 Å². The van der Waals surface area contributed by atoms with Crippen molar-refractivity contribution >= 4 is 0 Å². The number of hydrogen-bond acceptors (Lipinski definition) is 4. The topological polar surface area (TPSA) is 73.3 Å². The Labute approximate surface area is 80.0 Å². The summed E-state index contributed by atoms with van der Waals surface area (Å²) in [4.78, 5) is 0. The van der Waals surface area contributed by atoms with Crippen molar-refractivity contribution in [3.63, 3.8) is 0 Å². The van der Waals surface area contributed by atoms with E-state index in [1.54, 1.807) is 0 Å². The highest BCUT2D eigenvalue weighted by atomic mass is 16.5. The van der Waals surface area contributed by atoms with Crippen molar-refractivity contribution in [1.82, 2.24) is 5.32 Å². The summed E-state index contributed by atoms with van der Waals surface area (Å²) < 4.78 is 5.18. The first-order valence-electron chi connectivity index (χ1n) is 5.11. The van der Waals surface area contributed by atoms with Crippen molar-refractivity contribution in [3.05, 3.63) is 0 Å². The van der Waals surface area contributed by atoms with E-state index < -0.39 is 0 Å². The van der Waals surface area contributed by atoms with E-state index >= 15 is 0 Å². The molecule has 4 nitrogen and oxygen atoms in total. The van der Waals surface area contributed by atoms with Crippen molar-refractivity contribution < 1.29 is 4.74 Å². The van der Waals surface area contributed by atoms with Gasteiger partial charge in [0.05, 0.1) is 6.10 Å². The van der Waals surface area contributed by atoms with Crippen LogP contribution in [-0.4, -0.2) is 38.4 Å². The van der Waals surface area contributed by atoms with Gasteiger partial charge in [-0.3, -0.25) is 0 Å². The van der Waals surface area contributed by atoms with Crippen LogP contribution in [0.25, 0.3) is 0 Å². The molecule has 13 heavy (non-hydrogen) atoms. The van der Waals surface area contributed by atoms with Gasteiger partial charge in [0.2, 0.25) is 0 Å². The highest BCUT2D eigenvalue weighted by Crippen LogP contribution is 2.09. The van der Waals surface area contributed by atoms with Gasteiger partial charge in [0.1, 0.15) is 0 Å². The summed E-state index contributed by atoms with van der Waals surface area (Å²) >= 11 is 0. The maximum absolute atomic E-state index is 5.47. The highest BCUT2D eigenvalue weighted by molar-refractivity contribution is 4.72. The largest absolute Gasteiger partial charge is 0.377 e. The molecule has 0 aromatic rings. The van der Waals surface area contributed by atoms with Gasteiger partial charge < -0.3 is 21.5 Å². The second kappa shape index (κ2) is 6.32. The lowest BCUT2D eigenvalue weighted by molar-refractivity contribution is 0.117.